The Morgan fingerprint density at radius 3 is 2.28 bits per heavy atom. The molecule has 0 aromatic heterocycles. The van der Waals surface area contributed by atoms with Crippen molar-refractivity contribution in [3.05, 3.63) is 64.5 Å². The monoisotopic (exact) mass is 427 g/mol. The van der Waals surface area contributed by atoms with Gasteiger partial charge in [0.2, 0.25) is 0 Å². The minimum atomic E-state index is -4.79. The Balaban J connectivity index is 0.00000420. The van der Waals surface area contributed by atoms with Crippen LogP contribution in [0.5, 0.6) is 5.75 Å². The predicted molar refractivity (Wildman–Crippen MR) is 91.5 cm³/mol. The van der Waals surface area contributed by atoms with Crippen LogP contribution in [-0.2, 0) is 11.0 Å². The second-order valence-electron chi connectivity index (χ2n) is 5.96. The van der Waals surface area contributed by atoms with E-state index in [1.807, 2.05) is 6.07 Å². The normalized spacial score (nSPS) is 12.5. The van der Waals surface area contributed by atoms with Gasteiger partial charge in [0.15, 0.2) is 0 Å². The maximum atomic E-state index is 13.0. The molecule has 144 valence electrons. The maximum absolute atomic E-state index is 13.0. The van der Waals surface area contributed by atoms with Crippen LogP contribution in [0.2, 0.25) is 0 Å². The largest absolute Gasteiger partial charge is 1.00 e. The summed E-state index contributed by atoms with van der Waals surface area (Å²) in [5.41, 5.74) is -3.89. The summed E-state index contributed by atoms with van der Waals surface area (Å²) in [4.78, 5) is 12.2. The molecular weight excluding hydrogens is 414 g/mol. The molecule has 0 radical (unpaired) electrons. The Morgan fingerprint density at radius 1 is 1.14 bits per heavy atom. The van der Waals surface area contributed by atoms with Gasteiger partial charge in [-0.25, -0.2) is 0 Å². The van der Waals surface area contributed by atoms with Crippen LogP contribution in [0, 0.1) is 22.7 Å². The Morgan fingerprint density at radius 2 is 1.76 bits per heavy atom. The average molecular weight is 427 g/mol. The maximum Gasteiger partial charge on any atom is 1.00 e. The zero-order valence-electron chi connectivity index (χ0n) is 15.5. The van der Waals surface area contributed by atoms with Crippen LogP contribution in [0.3, 0.4) is 0 Å². The van der Waals surface area contributed by atoms with E-state index >= 15 is 0 Å². The molecule has 1 amide bonds. The Labute approximate surface area is 207 Å². The van der Waals surface area contributed by atoms with Crippen LogP contribution in [0.25, 0.3) is 5.32 Å². The van der Waals surface area contributed by atoms with E-state index in [-0.39, 0.29) is 62.8 Å². The smallest absolute Gasteiger partial charge is 0.624 e. The van der Waals surface area contributed by atoms with Gasteiger partial charge < -0.3 is 20.0 Å². The molecule has 0 fully saturated rings. The van der Waals surface area contributed by atoms with Crippen LogP contribution >= 0.6 is 0 Å². The summed E-state index contributed by atoms with van der Waals surface area (Å²) in [5, 5.41) is 31.2. The number of halogens is 3. The molecule has 10 heteroatoms. The average Bonchev–Trinajstić information content (AvgIpc) is 2.66. The van der Waals surface area contributed by atoms with Gasteiger partial charge in [-0.3, -0.25) is 0 Å². The number of nitriles is 2. The summed E-state index contributed by atoms with van der Waals surface area (Å²) in [7, 11) is 0. The SMILES string of the molecule is C[C@](O)(COc1ccc(C#N)cc1)C(=O)[N-]c1ccc(C#N)c(C(F)(F)F)c1.[K+]. The predicted octanol–water partition coefficient (Wildman–Crippen LogP) is 0.815. The van der Waals surface area contributed by atoms with E-state index in [2.05, 4.69) is 5.32 Å². The van der Waals surface area contributed by atoms with Gasteiger partial charge >= 0.3 is 57.6 Å². The summed E-state index contributed by atoms with van der Waals surface area (Å²) in [6.07, 6.45) is -4.79. The number of amides is 1. The number of alkyl halides is 3. The molecule has 2 rings (SSSR count). The fourth-order valence-electron chi connectivity index (χ4n) is 2.08. The molecule has 0 aliphatic heterocycles. The van der Waals surface area contributed by atoms with Crippen molar-refractivity contribution >= 4 is 11.6 Å². The number of carbonyl (C=O) groups excluding carboxylic acids is 1. The van der Waals surface area contributed by atoms with E-state index in [4.69, 9.17) is 15.3 Å². The van der Waals surface area contributed by atoms with Crippen LogP contribution in [0.1, 0.15) is 23.6 Å². The quantitative estimate of drug-likeness (QED) is 0.711. The summed E-state index contributed by atoms with van der Waals surface area (Å²) in [6.45, 7) is 0.598. The van der Waals surface area contributed by atoms with Crippen molar-refractivity contribution in [2.24, 2.45) is 0 Å². The molecule has 0 bridgehead atoms. The molecule has 2 aromatic rings. The van der Waals surface area contributed by atoms with Crippen molar-refractivity contribution in [2.45, 2.75) is 18.7 Å². The van der Waals surface area contributed by atoms with Gasteiger partial charge in [-0.05, 0) is 37.3 Å². The Hall–Kier alpha value is -1.92. The fourth-order valence-corrected chi connectivity index (χ4v) is 2.08. The number of aliphatic hydroxyl groups is 1. The number of carbonyl (C=O) groups is 1. The summed E-state index contributed by atoms with van der Waals surface area (Å²) >= 11 is 0. The molecule has 0 spiro atoms. The van der Waals surface area contributed by atoms with Crippen LogP contribution < -0.4 is 56.1 Å². The first kappa shape index (κ1) is 25.1. The van der Waals surface area contributed by atoms with E-state index in [9.17, 15) is 23.1 Å². The summed E-state index contributed by atoms with van der Waals surface area (Å²) < 4.78 is 44.2. The number of rotatable bonds is 5. The van der Waals surface area contributed by atoms with Gasteiger partial charge in [0.25, 0.3) is 0 Å². The first-order valence-corrected chi connectivity index (χ1v) is 7.79. The Bertz CT molecular complexity index is 962. The standard InChI is InChI=1S/C19H14F3N3O3.K/c1-18(27,11-28-15-6-2-12(9-23)3-7-15)17(26)25-14-5-4-13(10-24)16(8-14)19(20,21)22;/h2-8,27H,11H2,1H3,(H,25,26);/q;+1/p-1/t18-;/m0./s1. The first-order chi connectivity index (χ1) is 13.1. The molecular formula is C19H13F3KN3O3. The van der Waals surface area contributed by atoms with Crippen molar-refractivity contribution in [1.29, 1.82) is 10.5 Å². The van der Waals surface area contributed by atoms with Crippen LogP contribution in [-0.4, -0.2) is 23.2 Å². The molecule has 0 heterocycles. The third-order valence-corrected chi connectivity index (χ3v) is 3.62. The van der Waals surface area contributed by atoms with Crippen LogP contribution in [0.4, 0.5) is 18.9 Å². The molecule has 0 aliphatic carbocycles. The fraction of sp³-hybridized carbons (Fsp3) is 0.211. The number of hydrogen-bond acceptors (Lipinski definition) is 5. The second kappa shape index (κ2) is 10.2. The van der Waals surface area contributed by atoms with E-state index in [1.165, 1.54) is 30.3 Å². The number of benzene rings is 2. The van der Waals surface area contributed by atoms with Crippen molar-refractivity contribution in [2.75, 3.05) is 6.61 Å². The van der Waals surface area contributed by atoms with Crippen molar-refractivity contribution in [3.8, 4) is 17.9 Å². The van der Waals surface area contributed by atoms with Gasteiger partial charge in [0, 0.05) is 0 Å². The van der Waals surface area contributed by atoms with Gasteiger partial charge in [-0.2, -0.15) is 23.7 Å². The molecule has 29 heavy (non-hydrogen) atoms. The van der Waals surface area contributed by atoms with Crippen molar-refractivity contribution in [1.82, 2.24) is 0 Å². The molecule has 2 aromatic carbocycles. The molecule has 1 atom stereocenters. The third kappa shape index (κ3) is 6.82. The van der Waals surface area contributed by atoms with E-state index < -0.39 is 35.4 Å². The third-order valence-electron chi connectivity index (χ3n) is 3.62. The van der Waals surface area contributed by atoms with Gasteiger partial charge in [-0.1, -0.05) is 12.1 Å². The minimum Gasteiger partial charge on any atom is -0.624 e. The number of hydrogen-bond donors (Lipinski definition) is 1. The van der Waals surface area contributed by atoms with Gasteiger partial charge in [-0.15, -0.1) is 5.69 Å². The van der Waals surface area contributed by atoms with Gasteiger partial charge in [0.1, 0.15) is 18.0 Å². The second-order valence-corrected chi connectivity index (χ2v) is 5.96. The summed E-state index contributed by atoms with van der Waals surface area (Å²) in [6, 6.07) is 11.8. The zero-order valence-corrected chi connectivity index (χ0v) is 18.6. The first-order valence-electron chi connectivity index (χ1n) is 7.79. The topological polar surface area (TPSA) is 108 Å². The molecule has 0 aliphatic rings. The molecule has 0 saturated carbocycles. The number of ether oxygens (including phenoxy) is 1. The van der Waals surface area contributed by atoms with E-state index in [0.717, 1.165) is 19.1 Å². The number of nitrogens with zero attached hydrogens (tertiary/aromatic N) is 3. The Kier molecular flexibility index (Phi) is 8.84. The molecule has 0 unspecified atom stereocenters. The molecule has 1 N–H and O–H groups in total. The van der Waals surface area contributed by atoms with Crippen molar-refractivity contribution in [3.63, 3.8) is 0 Å². The summed E-state index contributed by atoms with van der Waals surface area (Å²) in [5.74, 6) is -0.830. The zero-order chi connectivity index (χ0) is 20.9. The van der Waals surface area contributed by atoms with Crippen molar-refractivity contribution < 1.29 is 79.2 Å². The minimum absolute atomic E-state index is 0. The molecule has 0 saturated heterocycles. The molecule has 6 nitrogen and oxygen atoms in total. The van der Waals surface area contributed by atoms with Crippen LogP contribution in [0.15, 0.2) is 42.5 Å². The van der Waals surface area contributed by atoms with Gasteiger partial charge in [0.05, 0.1) is 34.7 Å². The van der Waals surface area contributed by atoms with E-state index in [1.54, 1.807) is 0 Å². The van der Waals surface area contributed by atoms with E-state index in [0.29, 0.717) is 11.6 Å².